The van der Waals surface area contributed by atoms with E-state index in [-0.39, 0.29) is 11.2 Å². The highest BCUT2D eigenvalue weighted by Crippen LogP contribution is 2.13. The first-order chi connectivity index (χ1) is 14.1. The van der Waals surface area contributed by atoms with Gasteiger partial charge in [0.15, 0.2) is 0 Å². The van der Waals surface area contributed by atoms with E-state index in [4.69, 9.17) is 4.74 Å². The molecular formula is C20H21N5O4. The number of nitro groups is 1. The number of nitrogens with one attached hydrogen (secondary N) is 1. The van der Waals surface area contributed by atoms with Crippen LogP contribution in [0.5, 0.6) is 0 Å². The van der Waals surface area contributed by atoms with Gasteiger partial charge in [-0.25, -0.2) is 10.4 Å². The van der Waals surface area contributed by atoms with Gasteiger partial charge in [-0.1, -0.05) is 12.1 Å². The van der Waals surface area contributed by atoms with Gasteiger partial charge in [-0.15, -0.1) is 0 Å². The smallest absolute Gasteiger partial charge is 0.269 e. The molecular weight excluding hydrogens is 374 g/mol. The second kappa shape index (κ2) is 9.56. The molecule has 9 heteroatoms. The Bertz CT molecular complexity index is 1080. The lowest BCUT2D eigenvalue weighted by Crippen LogP contribution is -2.25. The van der Waals surface area contributed by atoms with Crippen LogP contribution < -0.4 is 11.0 Å². The third-order valence-electron chi connectivity index (χ3n) is 4.22. The second-order valence-electron chi connectivity index (χ2n) is 6.18. The summed E-state index contributed by atoms with van der Waals surface area (Å²) in [5.74, 6) is 0.323. The molecule has 1 heterocycles. The Morgan fingerprint density at radius 2 is 2.00 bits per heavy atom. The van der Waals surface area contributed by atoms with Crippen molar-refractivity contribution in [3.8, 4) is 0 Å². The molecule has 0 aliphatic heterocycles. The third-order valence-corrected chi connectivity index (χ3v) is 4.22. The van der Waals surface area contributed by atoms with Crippen molar-refractivity contribution in [1.29, 1.82) is 0 Å². The van der Waals surface area contributed by atoms with Crippen molar-refractivity contribution >= 4 is 28.8 Å². The Hall–Kier alpha value is -3.59. The van der Waals surface area contributed by atoms with E-state index in [1.165, 1.54) is 22.9 Å². The van der Waals surface area contributed by atoms with Gasteiger partial charge in [0, 0.05) is 31.9 Å². The largest absolute Gasteiger partial charge is 0.382 e. The minimum atomic E-state index is -0.459. The zero-order chi connectivity index (χ0) is 20.6. The van der Waals surface area contributed by atoms with E-state index >= 15 is 0 Å². The van der Waals surface area contributed by atoms with Crippen LogP contribution in [0.1, 0.15) is 18.9 Å². The van der Waals surface area contributed by atoms with E-state index in [1.54, 1.807) is 30.3 Å². The predicted molar refractivity (Wildman–Crippen MR) is 111 cm³/mol. The normalized spacial score (nSPS) is 11.2. The van der Waals surface area contributed by atoms with Crippen molar-refractivity contribution in [2.45, 2.75) is 19.9 Å². The molecule has 0 amide bonds. The zero-order valence-corrected chi connectivity index (χ0v) is 15.9. The Labute approximate surface area is 166 Å². The zero-order valence-electron chi connectivity index (χ0n) is 15.9. The van der Waals surface area contributed by atoms with Crippen LogP contribution in [0.2, 0.25) is 0 Å². The number of aromatic nitrogens is 2. The highest BCUT2D eigenvalue weighted by atomic mass is 16.6. The fraction of sp³-hybridized carbons (Fsp3) is 0.250. The fourth-order valence-electron chi connectivity index (χ4n) is 2.78. The first-order valence-electron chi connectivity index (χ1n) is 9.21. The molecule has 150 valence electrons. The molecule has 9 nitrogen and oxygen atoms in total. The number of benzene rings is 2. The number of ether oxygens (including phenoxy) is 1. The number of para-hydroxylation sites is 1. The van der Waals surface area contributed by atoms with E-state index in [2.05, 4.69) is 15.5 Å². The van der Waals surface area contributed by atoms with Crippen LogP contribution in [0.25, 0.3) is 10.9 Å². The lowest BCUT2D eigenvalue weighted by atomic mass is 10.2. The molecule has 0 saturated heterocycles. The van der Waals surface area contributed by atoms with Gasteiger partial charge in [0.25, 0.3) is 11.2 Å². The molecule has 1 N–H and O–H groups in total. The molecule has 0 fully saturated rings. The number of nitrogens with zero attached hydrogens (tertiary/aromatic N) is 4. The molecule has 3 rings (SSSR count). The minimum absolute atomic E-state index is 0.00874. The molecule has 0 atom stereocenters. The monoisotopic (exact) mass is 395 g/mol. The van der Waals surface area contributed by atoms with Crippen LogP contribution >= 0.6 is 0 Å². The molecule has 0 aliphatic rings. The molecule has 0 bridgehead atoms. The number of nitro benzene ring substituents is 1. The van der Waals surface area contributed by atoms with Gasteiger partial charge < -0.3 is 4.74 Å². The maximum absolute atomic E-state index is 12.9. The third kappa shape index (κ3) is 5.02. The van der Waals surface area contributed by atoms with Crippen LogP contribution in [0.4, 0.5) is 11.6 Å². The summed E-state index contributed by atoms with van der Waals surface area (Å²) >= 11 is 0. The summed E-state index contributed by atoms with van der Waals surface area (Å²) in [7, 11) is 0. The topological polar surface area (TPSA) is 112 Å². The quantitative estimate of drug-likeness (QED) is 0.258. The van der Waals surface area contributed by atoms with Crippen molar-refractivity contribution < 1.29 is 9.66 Å². The van der Waals surface area contributed by atoms with Gasteiger partial charge in [0.05, 0.1) is 22.0 Å². The maximum Gasteiger partial charge on any atom is 0.269 e. The highest BCUT2D eigenvalue weighted by molar-refractivity contribution is 5.81. The number of rotatable bonds is 9. The average Bonchev–Trinajstić information content (AvgIpc) is 2.73. The number of hydrogen-bond acceptors (Lipinski definition) is 7. The van der Waals surface area contributed by atoms with Gasteiger partial charge in [-0.3, -0.25) is 19.5 Å². The number of hydrogen-bond donors (Lipinski definition) is 1. The lowest BCUT2D eigenvalue weighted by Gasteiger charge is -2.12. The van der Waals surface area contributed by atoms with Gasteiger partial charge >= 0.3 is 0 Å². The average molecular weight is 395 g/mol. The summed E-state index contributed by atoms with van der Waals surface area (Å²) in [5.41, 5.74) is 3.93. The van der Waals surface area contributed by atoms with Crippen LogP contribution in [-0.4, -0.2) is 33.9 Å². The first-order valence-corrected chi connectivity index (χ1v) is 9.21. The summed E-state index contributed by atoms with van der Waals surface area (Å²) in [5, 5.41) is 15.4. The Balaban J connectivity index is 1.84. The Morgan fingerprint density at radius 3 is 2.72 bits per heavy atom. The molecule has 0 unspecified atom stereocenters. The van der Waals surface area contributed by atoms with Crippen LogP contribution in [0.15, 0.2) is 58.4 Å². The minimum Gasteiger partial charge on any atom is -0.382 e. The van der Waals surface area contributed by atoms with Gasteiger partial charge in [-0.05, 0) is 43.2 Å². The molecule has 1 aromatic heterocycles. The maximum atomic E-state index is 12.9. The molecule has 0 aliphatic carbocycles. The molecule has 2 aromatic carbocycles. The summed E-state index contributed by atoms with van der Waals surface area (Å²) < 4.78 is 6.89. The SMILES string of the molecule is CCOCCCn1c(N/N=C\c2ccc([N+](=O)[O-])cc2)nc2ccccc2c1=O. The first kappa shape index (κ1) is 20.2. The van der Waals surface area contributed by atoms with Crippen molar-refractivity contribution in [2.24, 2.45) is 5.10 Å². The van der Waals surface area contributed by atoms with E-state index in [9.17, 15) is 14.9 Å². The van der Waals surface area contributed by atoms with E-state index in [1.807, 2.05) is 13.0 Å². The second-order valence-corrected chi connectivity index (χ2v) is 6.18. The van der Waals surface area contributed by atoms with Crippen LogP contribution in [-0.2, 0) is 11.3 Å². The van der Waals surface area contributed by atoms with Gasteiger partial charge in [0.2, 0.25) is 5.95 Å². The van der Waals surface area contributed by atoms with Crippen molar-refractivity contribution in [2.75, 3.05) is 18.6 Å². The summed E-state index contributed by atoms with van der Waals surface area (Å²) in [6, 6.07) is 13.1. The van der Waals surface area contributed by atoms with E-state index < -0.39 is 4.92 Å². The van der Waals surface area contributed by atoms with E-state index in [0.29, 0.717) is 48.6 Å². The number of fused-ring (bicyclic) bond motifs is 1. The van der Waals surface area contributed by atoms with E-state index in [0.717, 1.165) is 0 Å². The fourth-order valence-corrected chi connectivity index (χ4v) is 2.78. The summed E-state index contributed by atoms with van der Waals surface area (Å²) in [4.78, 5) is 27.7. The number of non-ortho nitro benzene ring substituents is 1. The molecule has 0 saturated carbocycles. The number of anilines is 1. The standard InChI is InChI=1S/C20H21N5O4/c1-2-29-13-5-12-24-19(26)17-6-3-4-7-18(17)22-20(24)23-21-14-15-8-10-16(11-9-15)25(27)28/h3-4,6-11,14H,2,5,12-13H2,1H3,(H,22,23)/b21-14-. The lowest BCUT2D eigenvalue weighted by molar-refractivity contribution is -0.384. The summed E-state index contributed by atoms with van der Waals surface area (Å²) in [6.45, 7) is 3.52. The molecule has 0 spiro atoms. The predicted octanol–water partition coefficient (Wildman–Crippen LogP) is 3.18. The van der Waals surface area contributed by atoms with Crippen molar-refractivity contribution in [1.82, 2.24) is 9.55 Å². The Kier molecular flexibility index (Phi) is 6.64. The van der Waals surface area contributed by atoms with Crippen molar-refractivity contribution in [3.63, 3.8) is 0 Å². The molecule has 3 aromatic rings. The van der Waals surface area contributed by atoms with Gasteiger partial charge in [0.1, 0.15) is 0 Å². The van der Waals surface area contributed by atoms with Crippen molar-refractivity contribution in [3.05, 3.63) is 74.6 Å². The number of hydrazone groups is 1. The van der Waals surface area contributed by atoms with Crippen LogP contribution in [0.3, 0.4) is 0 Å². The van der Waals surface area contributed by atoms with Crippen LogP contribution in [0, 0.1) is 10.1 Å². The molecule has 29 heavy (non-hydrogen) atoms. The van der Waals surface area contributed by atoms with Gasteiger partial charge in [-0.2, -0.15) is 5.10 Å². The Morgan fingerprint density at radius 1 is 1.24 bits per heavy atom. The summed E-state index contributed by atoms with van der Waals surface area (Å²) in [6.07, 6.45) is 2.17. The highest BCUT2D eigenvalue weighted by Gasteiger charge is 2.10. The molecule has 0 radical (unpaired) electrons.